The first kappa shape index (κ1) is 31.2. The molecule has 3 heterocycles. The number of aromatic nitrogens is 3. The van der Waals surface area contributed by atoms with Gasteiger partial charge >= 0.3 is 0 Å². The van der Waals surface area contributed by atoms with Crippen LogP contribution in [0.1, 0.15) is 0 Å². The van der Waals surface area contributed by atoms with Gasteiger partial charge in [-0.3, -0.25) is 4.57 Å². The van der Waals surface area contributed by atoms with Gasteiger partial charge in [0.25, 0.3) is 0 Å². The minimum atomic E-state index is 0.658. The van der Waals surface area contributed by atoms with Gasteiger partial charge in [-0.15, -0.1) is 11.3 Å². The third kappa shape index (κ3) is 4.90. The summed E-state index contributed by atoms with van der Waals surface area (Å²) in [6, 6.07) is 68.0. The van der Waals surface area contributed by atoms with Crippen LogP contribution in [-0.2, 0) is 0 Å². The van der Waals surface area contributed by atoms with Crippen LogP contribution in [-0.4, -0.2) is 14.5 Å². The molecule has 4 heteroatoms. The lowest BCUT2D eigenvalue weighted by atomic mass is 9.99. The molecule has 56 heavy (non-hydrogen) atoms. The van der Waals surface area contributed by atoms with Crippen LogP contribution in [0.5, 0.6) is 0 Å². The highest BCUT2D eigenvalue weighted by Gasteiger charge is 2.20. The van der Waals surface area contributed by atoms with Crippen molar-refractivity contribution in [1.29, 1.82) is 0 Å². The Morgan fingerprint density at radius 2 is 0.964 bits per heavy atom. The van der Waals surface area contributed by atoms with E-state index in [0.717, 1.165) is 38.8 Å². The summed E-state index contributed by atoms with van der Waals surface area (Å²) in [5, 5.41) is 10.8. The monoisotopic (exact) mass is 729 g/mol. The Kier molecular flexibility index (Phi) is 6.80. The minimum absolute atomic E-state index is 0.658. The lowest BCUT2D eigenvalue weighted by Gasteiger charge is -2.13. The Labute approximate surface area is 326 Å². The highest BCUT2D eigenvalue weighted by Crippen LogP contribution is 2.41. The molecule has 0 N–H and O–H groups in total. The standard InChI is InChI=1S/C52H31N3S/c1-2-10-32(11-3-1)38-21-24-46-45(29-38)51(40-20-23-42-41-16-8-9-17-49(41)56-50(42)31-40)54-52(53-46)55-47-25-22-39(37-19-18-33-12-4-5-13-34(33)26-37)28-43(47)44-27-35-14-6-7-15-36(35)30-48(44)55/h1-31H. The molecule has 0 saturated heterocycles. The van der Waals surface area contributed by atoms with Gasteiger partial charge in [0.15, 0.2) is 0 Å². The molecular formula is C52H31N3S. The van der Waals surface area contributed by atoms with Crippen LogP contribution in [0.25, 0.3) is 114 Å². The molecule has 0 saturated carbocycles. The molecule has 0 unspecified atom stereocenters. The molecule has 260 valence electrons. The van der Waals surface area contributed by atoms with Gasteiger partial charge in [-0.05, 0) is 98.4 Å². The largest absolute Gasteiger partial charge is 0.278 e. The lowest BCUT2D eigenvalue weighted by molar-refractivity contribution is 1.01. The average Bonchev–Trinajstić information content (AvgIpc) is 3.79. The summed E-state index contributed by atoms with van der Waals surface area (Å²) < 4.78 is 4.81. The van der Waals surface area contributed by atoms with Crippen molar-refractivity contribution in [3.8, 4) is 39.5 Å². The molecule has 0 atom stereocenters. The van der Waals surface area contributed by atoms with Crippen molar-refractivity contribution >= 4 is 85.8 Å². The van der Waals surface area contributed by atoms with Crippen molar-refractivity contribution in [3.63, 3.8) is 0 Å². The SMILES string of the molecule is c1ccc(-c2ccc3nc(-n4c5ccc(-c6ccc7ccccc7c6)cc5c5cc6ccccc6cc54)nc(-c4ccc5c(c4)sc4ccccc45)c3c2)cc1. The van der Waals surface area contributed by atoms with Crippen LogP contribution in [0.4, 0.5) is 0 Å². The van der Waals surface area contributed by atoms with E-state index in [4.69, 9.17) is 9.97 Å². The summed E-state index contributed by atoms with van der Waals surface area (Å²) in [5.41, 5.74) is 9.75. The van der Waals surface area contributed by atoms with Crippen molar-refractivity contribution in [2.45, 2.75) is 0 Å². The van der Waals surface area contributed by atoms with Crippen molar-refractivity contribution in [1.82, 2.24) is 14.5 Å². The topological polar surface area (TPSA) is 30.7 Å². The molecule has 3 aromatic heterocycles. The fraction of sp³-hybridized carbons (Fsp3) is 0. The molecular weight excluding hydrogens is 699 g/mol. The first-order chi connectivity index (χ1) is 27.7. The van der Waals surface area contributed by atoms with E-state index in [1.165, 1.54) is 69.2 Å². The summed E-state index contributed by atoms with van der Waals surface area (Å²) in [7, 11) is 0. The normalized spacial score (nSPS) is 11.9. The van der Waals surface area contributed by atoms with Crippen LogP contribution in [0.15, 0.2) is 188 Å². The van der Waals surface area contributed by atoms with E-state index in [2.05, 4.69) is 193 Å². The summed E-state index contributed by atoms with van der Waals surface area (Å²) in [6.45, 7) is 0. The fourth-order valence-electron chi connectivity index (χ4n) is 8.59. The molecule has 9 aromatic carbocycles. The number of hydrogen-bond acceptors (Lipinski definition) is 3. The second-order valence-electron chi connectivity index (χ2n) is 14.6. The van der Waals surface area contributed by atoms with E-state index < -0.39 is 0 Å². The third-order valence-electron chi connectivity index (χ3n) is 11.4. The van der Waals surface area contributed by atoms with Gasteiger partial charge in [-0.25, -0.2) is 9.97 Å². The smallest absolute Gasteiger partial charge is 0.235 e. The lowest BCUT2D eigenvalue weighted by Crippen LogP contribution is -2.03. The maximum Gasteiger partial charge on any atom is 0.235 e. The molecule has 0 fully saturated rings. The molecule has 0 bridgehead atoms. The van der Waals surface area contributed by atoms with Crippen LogP contribution < -0.4 is 0 Å². The van der Waals surface area contributed by atoms with E-state index in [-0.39, 0.29) is 0 Å². The van der Waals surface area contributed by atoms with Crippen LogP contribution >= 0.6 is 11.3 Å². The zero-order valence-electron chi connectivity index (χ0n) is 30.1. The Balaban J connectivity index is 1.13. The highest BCUT2D eigenvalue weighted by atomic mass is 32.1. The highest BCUT2D eigenvalue weighted by molar-refractivity contribution is 7.25. The van der Waals surface area contributed by atoms with Gasteiger partial charge in [0.1, 0.15) is 0 Å². The Bertz CT molecular complexity index is 3540. The molecule has 12 rings (SSSR count). The number of benzene rings is 9. The number of thiophene rings is 1. The predicted molar refractivity (Wildman–Crippen MR) is 238 cm³/mol. The molecule has 0 aliphatic rings. The Morgan fingerprint density at radius 3 is 1.84 bits per heavy atom. The van der Waals surface area contributed by atoms with Gasteiger partial charge < -0.3 is 0 Å². The summed E-state index contributed by atoms with van der Waals surface area (Å²) in [6.07, 6.45) is 0. The molecule has 0 aliphatic carbocycles. The van der Waals surface area contributed by atoms with Crippen LogP contribution in [0.2, 0.25) is 0 Å². The molecule has 0 radical (unpaired) electrons. The Hall–Kier alpha value is -7.14. The van der Waals surface area contributed by atoms with Crippen molar-refractivity contribution in [3.05, 3.63) is 188 Å². The van der Waals surface area contributed by atoms with Gasteiger partial charge in [-0.2, -0.15) is 0 Å². The third-order valence-corrected chi connectivity index (χ3v) is 12.5. The number of hydrogen-bond donors (Lipinski definition) is 0. The zero-order valence-corrected chi connectivity index (χ0v) is 31.0. The molecule has 3 nitrogen and oxygen atoms in total. The summed E-state index contributed by atoms with van der Waals surface area (Å²) >= 11 is 1.83. The van der Waals surface area contributed by atoms with E-state index in [1.807, 2.05) is 11.3 Å². The predicted octanol–water partition coefficient (Wildman–Crippen LogP) is 14.4. The first-order valence-corrected chi connectivity index (χ1v) is 19.8. The van der Waals surface area contributed by atoms with Crippen molar-refractivity contribution in [2.75, 3.05) is 0 Å². The van der Waals surface area contributed by atoms with E-state index in [1.54, 1.807) is 0 Å². The van der Waals surface area contributed by atoms with Gasteiger partial charge in [-0.1, -0.05) is 133 Å². The van der Waals surface area contributed by atoms with Gasteiger partial charge in [0.05, 0.1) is 22.2 Å². The number of fused-ring (bicyclic) bond motifs is 9. The van der Waals surface area contributed by atoms with E-state index in [0.29, 0.717) is 5.95 Å². The minimum Gasteiger partial charge on any atom is -0.278 e. The quantitative estimate of drug-likeness (QED) is 0.181. The fourth-order valence-corrected chi connectivity index (χ4v) is 9.73. The molecule has 0 amide bonds. The number of rotatable bonds is 4. The van der Waals surface area contributed by atoms with Crippen LogP contribution in [0, 0.1) is 0 Å². The second kappa shape index (κ2) is 12.2. The van der Waals surface area contributed by atoms with Crippen molar-refractivity contribution in [2.24, 2.45) is 0 Å². The van der Waals surface area contributed by atoms with Crippen molar-refractivity contribution < 1.29 is 0 Å². The molecule has 0 aliphatic heterocycles. The maximum atomic E-state index is 5.56. The van der Waals surface area contributed by atoms with Gasteiger partial charge in [0, 0.05) is 41.9 Å². The van der Waals surface area contributed by atoms with E-state index in [9.17, 15) is 0 Å². The van der Waals surface area contributed by atoms with Gasteiger partial charge in [0.2, 0.25) is 5.95 Å². The molecule has 0 spiro atoms. The first-order valence-electron chi connectivity index (χ1n) is 19.0. The number of nitrogens with zero attached hydrogens (tertiary/aromatic N) is 3. The maximum absolute atomic E-state index is 5.56. The second-order valence-corrected chi connectivity index (χ2v) is 15.7. The zero-order chi connectivity index (χ0) is 36.7. The van der Waals surface area contributed by atoms with Crippen LogP contribution in [0.3, 0.4) is 0 Å². The van der Waals surface area contributed by atoms with E-state index >= 15 is 0 Å². The Morgan fingerprint density at radius 1 is 0.339 bits per heavy atom. The summed E-state index contributed by atoms with van der Waals surface area (Å²) in [4.78, 5) is 10.9. The summed E-state index contributed by atoms with van der Waals surface area (Å²) in [5.74, 6) is 0.658. The average molecular weight is 730 g/mol. The molecule has 12 aromatic rings.